The molecule has 1 atom stereocenters. The molecule has 0 saturated carbocycles. The van der Waals surface area contributed by atoms with Gasteiger partial charge in [0.25, 0.3) is 0 Å². The maximum absolute atomic E-state index is 6.24. The van der Waals surface area contributed by atoms with Crippen LogP contribution in [0, 0.1) is 6.92 Å². The van der Waals surface area contributed by atoms with E-state index in [1.165, 1.54) is 0 Å². The van der Waals surface area contributed by atoms with Crippen molar-refractivity contribution < 1.29 is 0 Å². The molecule has 1 unspecified atom stereocenters. The van der Waals surface area contributed by atoms with Gasteiger partial charge in [0.05, 0.1) is 32.6 Å². The van der Waals surface area contributed by atoms with Gasteiger partial charge in [0, 0.05) is 5.02 Å². The molecule has 0 aliphatic rings. The van der Waals surface area contributed by atoms with Crippen LogP contribution in [0.25, 0.3) is 10.2 Å². The second kappa shape index (κ2) is 5.54. The zero-order valence-corrected chi connectivity index (χ0v) is 13.4. The van der Waals surface area contributed by atoms with Gasteiger partial charge in [0.2, 0.25) is 0 Å². The number of aromatic nitrogens is 1. The van der Waals surface area contributed by atoms with Gasteiger partial charge in [-0.3, -0.25) is 0 Å². The number of nitrogens with one attached hydrogen (secondary N) is 1. The van der Waals surface area contributed by atoms with Crippen LogP contribution in [0.1, 0.15) is 23.5 Å². The van der Waals surface area contributed by atoms with Crippen LogP contribution in [-0.2, 0) is 0 Å². The molecule has 0 amide bonds. The number of nitrogens with two attached hydrogens (primary N) is 1. The molecule has 21 heavy (non-hydrogen) atoms. The summed E-state index contributed by atoms with van der Waals surface area (Å²) in [4.78, 5) is 4.51. The molecular formula is C16H16ClN3S. The number of fused-ring (bicyclic) bond motifs is 1. The molecule has 108 valence electrons. The first-order chi connectivity index (χ1) is 10.0. The normalized spacial score (nSPS) is 12.5. The predicted molar refractivity (Wildman–Crippen MR) is 92.3 cm³/mol. The van der Waals surface area contributed by atoms with E-state index in [9.17, 15) is 0 Å². The van der Waals surface area contributed by atoms with E-state index in [1.807, 2.05) is 43.3 Å². The van der Waals surface area contributed by atoms with E-state index in [2.05, 4.69) is 17.2 Å². The third-order valence-electron chi connectivity index (χ3n) is 3.41. The van der Waals surface area contributed by atoms with Gasteiger partial charge in [-0.15, -0.1) is 11.3 Å². The van der Waals surface area contributed by atoms with Crippen molar-refractivity contribution in [3.8, 4) is 0 Å². The molecule has 0 bridgehead atoms. The van der Waals surface area contributed by atoms with Gasteiger partial charge in [-0.1, -0.05) is 29.8 Å². The Bertz CT molecular complexity index is 797. The standard InChI is InChI=1S/C16H16ClN3S/c1-9(11-5-3-4-6-12(11)17)19-14-8-15-16(7-13(14)18)21-10(2)20-15/h3-9,19H,18H2,1-2H3. The summed E-state index contributed by atoms with van der Waals surface area (Å²) in [5.74, 6) is 0. The molecule has 5 heteroatoms. The molecule has 0 spiro atoms. The Kier molecular flexibility index (Phi) is 3.74. The average Bonchev–Trinajstić information content (AvgIpc) is 2.78. The summed E-state index contributed by atoms with van der Waals surface area (Å²) in [7, 11) is 0. The van der Waals surface area contributed by atoms with E-state index >= 15 is 0 Å². The highest BCUT2D eigenvalue weighted by atomic mass is 35.5. The lowest BCUT2D eigenvalue weighted by Gasteiger charge is -2.18. The highest BCUT2D eigenvalue weighted by Gasteiger charge is 2.12. The number of nitrogens with zero attached hydrogens (tertiary/aromatic N) is 1. The van der Waals surface area contributed by atoms with Gasteiger partial charge in [0.15, 0.2) is 0 Å². The molecule has 1 aromatic heterocycles. The third-order valence-corrected chi connectivity index (χ3v) is 4.69. The molecule has 3 aromatic rings. The number of hydrogen-bond donors (Lipinski definition) is 2. The van der Waals surface area contributed by atoms with Crippen LogP contribution in [0.5, 0.6) is 0 Å². The summed E-state index contributed by atoms with van der Waals surface area (Å²) >= 11 is 7.89. The smallest absolute Gasteiger partial charge is 0.0907 e. The molecule has 3 nitrogen and oxygen atoms in total. The van der Waals surface area contributed by atoms with Crippen molar-refractivity contribution in [1.82, 2.24) is 4.98 Å². The fourth-order valence-electron chi connectivity index (χ4n) is 2.37. The van der Waals surface area contributed by atoms with Gasteiger partial charge < -0.3 is 11.1 Å². The minimum atomic E-state index is 0.0678. The first-order valence-electron chi connectivity index (χ1n) is 6.72. The summed E-state index contributed by atoms with van der Waals surface area (Å²) in [5.41, 5.74) is 9.78. The number of anilines is 2. The van der Waals surface area contributed by atoms with Crippen LogP contribution in [0.4, 0.5) is 11.4 Å². The molecule has 2 aromatic carbocycles. The van der Waals surface area contributed by atoms with Gasteiger partial charge in [0.1, 0.15) is 0 Å². The molecule has 0 radical (unpaired) electrons. The molecule has 0 aliphatic carbocycles. The van der Waals surface area contributed by atoms with Crippen LogP contribution < -0.4 is 11.1 Å². The number of rotatable bonds is 3. The quantitative estimate of drug-likeness (QED) is 0.667. The second-order valence-electron chi connectivity index (χ2n) is 5.03. The Morgan fingerprint density at radius 1 is 1.29 bits per heavy atom. The minimum Gasteiger partial charge on any atom is -0.397 e. The lowest BCUT2D eigenvalue weighted by atomic mass is 10.1. The zero-order valence-electron chi connectivity index (χ0n) is 11.9. The first kappa shape index (κ1) is 14.2. The van der Waals surface area contributed by atoms with Crippen molar-refractivity contribution in [3.63, 3.8) is 0 Å². The number of benzene rings is 2. The number of nitrogen functional groups attached to an aromatic ring is 1. The summed E-state index contributed by atoms with van der Waals surface area (Å²) in [5, 5.41) is 5.22. The Balaban J connectivity index is 1.94. The maximum Gasteiger partial charge on any atom is 0.0907 e. The Hall–Kier alpha value is -1.78. The van der Waals surface area contributed by atoms with E-state index in [0.717, 1.165) is 37.2 Å². The topological polar surface area (TPSA) is 50.9 Å². The summed E-state index contributed by atoms with van der Waals surface area (Å²) in [6.07, 6.45) is 0. The van der Waals surface area contributed by atoms with Crippen molar-refractivity contribution in [3.05, 3.63) is 52.0 Å². The first-order valence-corrected chi connectivity index (χ1v) is 7.91. The van der Waals surface area contributed by atoms with E-state index in [0.29, 0.717) is 0 Å². The van der Waals surface area contributed by atoms with E-state index in [4.69, 9.17) is 17.3 Å². The van der Waals surface area contributed by atoms with Crippen molar-refractivity contribution >= 4 is 44.5 Å². The van der Waals surface area contributed by atoms with Crippen molar-refractivity contribution in [2.75, 3.05) is 11.1 Å². The monoisotopic (exact) mass is 317 g/mol. The average molecular weight is 318 g/mol. The minimum absolute atomic E-state index is 0.0678. The van der Waals surface area contributed by atoms with Crippen molar-refractivity contribution in [2.45, 2.75) is 19.9 Å². The molecular weight excluding hydrogens is 302 g/mol. The second-order valence-corrected chi connectivity index (χ2v) is 6.67. The fourth-order valence-corrected chi connectivity index (χ4v) is 3.52. The SMILES string of the molecule is Cc1nc2cc(NC(C)c3ccccc3Cl)c(N)cc2s1. The zero-order chi connectivity index (χ0) is 15.0. The van der Waals surface area contributed by atoms with Crippen LogP contribution >= 0.6 is 22.9 Å². The van der Waals surface area contributed by atoms with Gasteiger partial charge in [-0.2, -0.15) is 0 Å². The number of thiazole rings is 1. The molecule has 3 rings (SSSR count). The third kappa shape index (κ3) is 2.82. The van der Waals surface area contributed by atoms with Crippen LogP contribution in [0.3, 0.4) is 0 Å². The Morgan fingerprint density at radius 3 is 2.81 bits per heavy atom. The van der Waals surface area contributed by atoms with Crippen LogP contribution in [-0.4, -0.2) is 4.98 Å². The lowest BCUT2D eigenvalue weighted by Crippen LogP contribution is -2.08. The molecule has 3 N–H and O–H groups in total. The highest BCUT2D eigenvalue weighted by Crippen LogP contribution is 2.33. The van der Waals surface area contributed by atoms with Gasteiger partial charge in [-0.25, -0.2) is 4.98 Å². The van der Waals surface area contributed by atoms with Crippen LogP contribution in [0.15, 0.2) is 36.4 Å². The highest BCUT2D eigenvalue weighted by molar-refractivity contribution is 7.18. The molecule has 0 saturated heterocycles. The lowest BCUT2D eigenvalue weighted by molar-refractivity contribution is 0.886. The largest absolute Gasteiger partial charge is 0.397 e. The van der Waals surface area contributed by atoms with Crippen molar-refractivity contribution in [2.24, 2.45) is 0 Å². The van der Waals surface area contributed by atoms with Gasteiger partial charge >= 0.3 is 0 Å². The number of aryl methyl sites for hydroxylation is 1. The number of halogens is 1. The predicted octanol–water partition coefficient (Wildman–Crippen LogP) is 5.01. The Labute approximate surface area is 132 Å². The van der Waals surface area contributed by atoms with E-state index in [1.54, 1.807) is 11.3 Å². The molecule has 0 aliphatic heterocycles. The summed E-state index contributed by atoms with van der Waals surface area (Å²) in [6.45, 7) is 4.07. The fraction of sp³-hybridized carbons (Fsp3) is 0.188. The summed E-state index contributed by atoms with van der Waals surface area (Å²) < 4.78 is 1.11. The van der Waals surface area contributed by atoms with E-state index < -0.39 is 0 Å². The Morgan fingerprint density at radius 2 is 2.05 bits per heavy atom. The molecule has 1 heterocycles. The summed E-state index contributed by atoms with van der Waals surface area (Å²) in [6, 6.07) is 11.9. The van der Waals surface area contributed by atoms with E-state index in [-0.39, 0.29) is 6.04 Å². The van der Waals surface area contributed by atoms with Crippen molar-refractivity contribution in [1.29, 1.82) is 0 Å². The molecule has 0 fully saturated rings. The van der Waals surface area contributed by atoms with Gasteiger partial charge in [-0.05, 0) is 37.6 Å². The number of hydrogen-bond acceptors (Lipinski definition) is 4. The maximum atomic E-state index is 6.24. The van der Waals surface area contributed by atoms with Crippen LogP contribution in [0.2, 0.25) is 5.02 Å².